The van der Waals surface area contributed by atoms with Crippen LogP contribution in [0, 0.1) is 6.92 Å². The van der Waals surface area contributed by atoms with Gasteiger partial charge in [-0.15, -0.1) is 0 Å². The smallest absolute Gasteiger partial charge is 0.105 e. The van der Waals surface area contributed by atoms with Crippen LogP contribution in [0.3, 0.4) is 0 Å². The Bertz CT molecular complexity index is 465. The lowest BCUT2D eigenvalue weighted by Gasteiger charge is -2.19. The van der Waals surface area contributed by atoms with Crippen LogP contribution in [0.1, 0.15) is 36.3 Å². The molecule has 0 fully saturated rings. The molecule has 3 heteroatoms. The van der Waals surface area contributed by atoms with Crippen LogP contribution >= 0.6 is 0 Å². The Labute approximate surface area is 108 Å². The van der Waals surface area contributed by atoms with Gasteiger partial charge >= 0.3 is 0 Å². The first kappa shape index (κ1) is 12.8. The fraction of sp³-hybridized carbons (Fsp3) is 0.400. The van der Waals surface area contributed by atoms with Crippen LogP contribution in [-0.2, 0) is 6.42 Å². The summed E-state index contributed by atoms with van der Waals surface area (Å²) in [6, 6.07) is 6.34. The van der Waals surface area contributed by atoms with E-state index in [1.165, 1.54) is 11.1 Å². The molecule has 0 saturated carbocycles. The molecule has 2 aromatic heterocycles. The molecule has 0 bridgehead atoms. The zero-order chi connectivity index (χ0) is 12.8. The topological polar surface area (TPSA) is 38.1 Å². The molecule has 0 aliphatic rings. The van der Waals surface area contributed by atoms with E-state index in [1.54, 1.807) is 6.26 Å². The van der Waals surface area contributed by atoms with Crippen LogP contribution in [0.2, 0.25) is 0 Å². The molecule has 1 atom stereocenters. The lowest BCUT2D eigenvalue weighted by Crippen LogP contribution is -2.24. The zero-order valence-electron chi connectivity index (χ0n) is 11.0. The van der Waals surface area contributed by atoms with Gasteiger partial charge in [0, 0.05) is 24.9 Å². The van der Waals surface area contributed by atoms with Gasteiger partial charge in [0.25, 0.3) is 0 Å². The second-order valence-electron chi connectivity index (χ2n) is 4.52. The molecule has 0 saturated heterocycles. The molecule has 0 aromatic carbocycles. The third-order valence-electron chi connectivity index (χ3n) is 3.07. The third-order valence-corrected chi connectivity index (χ3v) is 3.07. The second-order valence-corrected chi connectivity index (χ2v) is 4.52. The van der Waals surface area contributed by atoms with Crippen molar-refractivity contribution in [1.82, 2.24) is 10.3 Å². The summed E-state index contributed by atoms with van der Waals surface area (Å²) < 4.78 is 5.45. The fourth-order valence-corrected chi connectivity index (χ4v) is 2.12. The Hall–Kier alpha value is -1.61. The number of nitrogens with one attached hydrogen (secondary N) is 1. The third kappa shape index (κ3) is 3.20. The number of aryl methyl sites for hydroxylation is 1. The maximum atomic E-state index is 5.45. The summed E-state index contributed by atoms with van der Waals surface area (Å²) in [7, 11) is 0. The highest BCUT2D eigenvalue weighted by Gasteiger charge is 2.14. The highest BCUT2D eigenvalue weighted by atomic mass is 16.3. The molecule has 0 amide bonds. The molecular weight excluding hydrogens is 224 g/mol. The summed E-state index contributed by atoms with van der Waals surface area (Å²) in [6.07, 6.45) is 7.49. The van der Waals surface area contributed by atoms with Gasteiger partial charge in [0.05, 0.1) is 6.26 Å². The number of rotatable bonds is 6. The number of nitrogens with zero attached hydrogens (tertiary/aromatic N) is 1. The van der Waals surface area contributed by atoms with Crippen LogP contribution in [-0.4, -0.2) is 11.5 Å². The molecule has 2 rings (SSSR count). The van der Waals surface area contributed by atoms with Crippen molar-refractivity contribution < 1.29 is 4.42 Å². The van der Waals surface area contributed by atoms with Gasteiger partial charge in [0.2, 0.25) is 0 Å². The van der Waals surface area contributed by atoms with Crippen molar-refractivity contribution >= 4 is 0 Å². The van der Waals surface area contributed by atoms with Gasteiger partial charge < -0.3 is 9.73 Å². The molecular formula is C15H20N2O. The SMILES string of the molecule is CCCNC(Cc1ccco1)c1ccncc1C. The monoisotopic (exact) mass is 244 g/mol. The van der Waals surface area contributed by atoms with Crippen LogP contribution in [0.5, 0.6) is 0 Å². The first-order valence-corrected chi connectivity index (χ1v) is 6.47. The van der Waals surface area contributed by atoms with E-state index in [4.69, 9.17) is 4.42 Å². The number of aromatic nitrogens is 1. The van der Waals surface area contributed by atoms with Crippen molar-refractivity contribution in [3.05, 3.63) is 53.7 Å². The first-order valence-electron chi connectivity index (χ1n) is 6.47. The Morgan fingerprint density at radius 2 is 2.28 bits per heavy atom. The van der Waals surface area contributed by atoms with Crippen molar-refractivity contribution in [3.63, 3.8) is 0 Å². The van der Waals surface area contributed by atoms with Gasteiger partial charge in [0.15, 0.2) is 0 Å². The standard InChI is InChI=1S/C15H20N2O/c1-3-7-17-15(10-13-5-4-9-18-13)14-6-8-16-11-12(14)2/h4-6,8-9,11,15,17H,3,7,10H2,1-2H3. The number of hydrogen-bond donors (Lipinski definition) is 1. The van der Waals surface area contributed by atoms with Crippen molar-refractivity contribution in [1.29, 1.82) is 0 Å². The minimum absolute atomic E-state index is 0.291. The maximum absolute atomic E-state index is 5.45. The fourth-order valence-electron chi connectivity index (χ4n) is 2.12. The van der Waals surface area contributed by atoms with Gasteiger partial charge in [-0.05, 0) is 49.2 Å². The molecule has 3 nitrogen and oxygen atoms in total. The Balaban J connectivity index is 2.16. The van der Waals surface area contributed by atoms with Crippen LogP contribution in [0.15, 0.2) is 41.3 Å². The zero-order valence-corrected chi connectivity index (χ0v) is 11.0. The molecule has 0 aliphatic heterocycles. The Morgan fingerprint density at radius 3 is 2.94 bits per heavy atom. The first-order chi connectivity index (χ1) is 8.81. The molecule has 1 unspecified atom stereocenters. The van der Waals surface area contributed by atoms with Gasteiger partial charge in [-0.25, -0.2) is 0 Å². The Morgan fingerprint density at radius 1 is 1.39 bits per heavy atom. The molecule has 2 heterocycles. The van der Waals surface area contributed by atoms with Crippen molar-refractivity contribution in [2.24, 2.45) is 0 Å². The van der Waals surface area contributed by atoms with E-state index in [0.717, 1.165) is 25.1 Å². The molecule has 96 valence electrons. The number of hydrogen-bond acceptors (Lipinski definition) is 3. The summed E-state index contributed by atoms with van der Waals surface area (Å²) >= 11 is 0. The van der Waals surface area contributed by atoms with E-state index in [9.17, 15) is 0 Å². The van der Waals surface area contributed by atoms with E-state index >= 15 is 0 Å². The van der Waals surface area contributed by atoms with Gasteiger partial charge in [-0.1, -0.05) is 6.92 Å². The summed E-state index contributed by atoms with van der Waals surface area (Å²) in [6.45, 7) is 5.29. The summed E-state index contributed by atoms with van der Waals surface area (Å²) in [5.74, 6) is 1.01. The average molecular weight is 244 g/mol. The normalized spacial score (nSPS) is 12.6. The lowest BCUT2D eigenvalue weighted by atomic mass is 9.99. The van der Waals surface area contributed by atoms with Gasteiger partial charge in [-0.2, -0.15) is 0 Å². The van der Waals surface area contributed by atoms with Crippen molar-refractivity contribution in [2.45, 2.75) is 32.7 Å². The van der Waals surface area contributed by atoms with Crippen molar-refractivity contribution in [2.75, 3.05) is 6.54 Å². The lowest BCUT2D eigenvalue weighted by molar-refractivity contribution is 0.448. The molecule has 2 aromatic rings. The minimum Gasteiger partial charge on any atom is -0.469 e. The summed E-state index contributed by atoms with van der Waals surface area (Å²) in [4.78, 5) is 4.15. The highest BCUT2D eigenvalue weighted by molar-refractivity contribution is 5.26. The molecule has 18 heavy (non-hydrogen) atoms. The summed E-state index contributed by atoms with van der Waals surface area (Å²) in [5, 5.41) is 3.58. The number of pyridine rings is 1. The quantitative estimate of drug-likeness (QED) is 0.847. The largest absolute Gasteiger partial charge is 0.469 e. The molecule has 1 N–H and O–H groups in total. The van der Waals surface area contributed by atoms with Gasteiger partial charge in [-0.3, -0.25) is 4.98 Å². The number of furan rings is 1. The predicted octanol–water partition coefficient (Wildman–Crippen LogP) is 3.27. The predicted molar refractivity (Wildman–Crippen MR) is 72.4 cm³/mol. The summed E-state index contributed by atoms with van der Waals surface area (Å²) in [5.41, 5.74) is 2.52. The second kappa shape index (κ2) is 6.36. The van der Waals surface area contributed by atoms with Crippen LogP contribution < -0.4 is 5.32 Å². The van der Waals surface area contributed by atoms with E-state index in [2.05, 4.69) is 30.2 Å². The van der Waals surface area contributed by atoms with E-state index in [1.807, 2.05) is 24.5 Å². The average Bonchev–Trinajstić information content (AvgIpc) is 2.88. The van der Waals surface area contributed by atoms with Crippen molar-refractivity contribution in [3.8, 4) is 0 Å². The van der Waals surface area contributed by atoms with E-state index < -0.39 is 0 Å². The maximum Gasteiger partial charge on any atom is 0.105 e. The molecule has 0 radical (unpaired) electrons. The highest BCUT2D eigenvalue weighted by Crippen LogP contribution is 2.21. The Kier molecular flexibility index (Phi) is 4.53. The minimum atomic E-state index is 0.291. The van der Waals surface area contributed by atoms with Crippen LogP contribution in [0.25, 0.3) is 0 Å². The van der Waals surface area contributed by atoms with Crippen LogP contribution in [0.4, 0.5) is 0 Å². The van der Waals surface area contributed by atoms with E-state index in [0.29, 0.717) is 6.04 Å². The van der Waals surface area contributed by atoms with Gasteiger partial charge in [0.1, 0.15) is 5.76 Å². The molecule has 0 spiro atoms. The molecule has 0 aliphatic carbocycles. The van der Waals surface area contributed by atoms with E-state index in [-0.39, 0.29) is 0 Å².